The molecule has 18 heavy (non-hydrogen) atoms. The molecule has 0 aliphatic heterocycles. The van der Waals surface area contributed by atoms with Gasteiger partial charge in [0.2, 0.25) is 16.0 Å². The van der Waals surface area contributed by atoms with E-state index in [-0.39, 0.29) is 22.3 Å². The van der Waals surface area contributed by atoms with Crippen molar-refractivity contribution in [2.24, 2.45) is 5.41 Å². The molecular formula is C11H18ClN3O2S. The lowest BCUT2D eigenvalue weighted by atomic mass is 9.94. The molecule has 0 atom stereocenters. The first-order valence-electron chi connectivity index (χ1n) is 5.59. The van der Waals surface area contributed by atoms with Crippen LogP contribution in [0, 0.1) is 12.3 Å². The third-order valence-electron chi connectivity index (χ3n) is 2.19. The summed E-state index contributed by atoms with van der Waals surface area (Å²) in [6, 6.07) is 1.56. The number of halogens is 1. The second-order valence-electron chi connectivity index (χ2n) is 5.39. The normalized spacial score (nSPS) is 12.5. The van der Waals surface area contributed by atoms with Crippen molar-refractivity contribution in [3.63, 3.8) is 0 Å². The lowest BCUT2D eigenvalue weighted by Gasteiger charge is -2.17. The van der Waals surface area contributed by atoms with Gasteiger partial charge in [0.05, 0.1) is 5.75 Å². The van der Waals surface area contributed by atoms with E-state index in [1.165, 1.54) is 0 Å². The van der Waals surface area contributed by atoms with Crippen LogP contribution in [0.4, 0.5) is 5.95 Å². The Labute approximate surface area is 113 Å². The Hall–Kier alpha value is -0.880. The Balaban J connectivity index is 2.76. The summed E-state index contributed by atoms with van der Waals surface area (Å²) >= 11 is 5.74. The van der Waals surface area contributed by atoms with Crippen LogP contribution < -0.4 is 4.72 Å². The average Bonchev–Trinajstić information content (AvgIpc) is 2.11. The molecule has 1 aromatic heterocycles. The summed E-state index contributed by atoms with van der Waals surface area (Å²) in [5, 5.41) is 0.219. The first-order chi connectivity index (χ1) is 8.07. The highest BCUT2D eigenvalue weighted by Crippen LogP contribution is 2.20. The third kappa shape index (κ3) is 5.64. The molecule has 0 saturated heterocycles. The van der Waals surface area contributed by atoms with Gasteiger partial charge in [-0.2, -0.15) is 0 Å². The second-order valence-corrected chi connectivity index (χ2v) is 7.62. The van der Waals surface area contributed by atoms with Crippen LogP contribution >= 0.6 is 11.6 Å². The number of hydrogen-bond acceptors (Lipinski definition) is 4. The molecule has 102 valence electrons. The molecule has 1 rings (SSSR count). The molecule has 0 aliphatic rings. The molecule has 0 saturated carbocycles. The number of hydrogen-bond donors (Lipinski definition) is 1. The molecule has 0 aliphatic carbocycles. The largest absolute Gasteiger partial charge is 0.251 e. The number of nitrogens with zero attached hydrogens (tertiary/aromatic N) is 2. The van der Waals surface area contributed by atoms with Crippen LogP contribution in [-0.4, -0.2) is 24.1 Å². The van der Waals surface area contributed by atoms with Crippen molar-refractivity contribution in [1.82, 2.24) is 9.97 Å². The number of rotatable bonds is 4. The average molecular weight is 292 g/mol. The van der Waals surface area contributed by atoms with Crippen molar-refractivity contribution in [2.75, 3.05) is 10.5 Å². The Kier molecular flexibility index (Phi) is 4.55. The van der Waals surface area contributed by atoms with Gasteiger partial charge in [-0.25, -0.2) is 18.4 Å². The van der Waals surface area contributed by atoms with Gasteiger partial charge in [0.15, 0.2) is 0 Å². The summed E-state index contributed by atoms with van der Waals surface area (Å²) in [5.74, 6) is 0.0553. The minimum atomic E-state index is -3.43. The number of aryl methyl sites for hydroxylation is 1. The molecule has 0 amide bonds. The van der Waals surface area contributed by atoms with Gasteiger partial charge in [-0.1, -0.05) is 32.4 Å². The van der Waals surface area contributed by atoms with Crippen LogP contribution in [0.2, 0.25) is 5.15 Å². The van der Waals surface area contributed by atoms with Gasteiger partial charge in [0.25, 0.3) is 0 Å². The fourth-order valence-electron chi connectivity index (χ4n) is 1.21. The summed E-state index contributed by atoms with van der Waals surface area (Å²) in [5.41, 5.74) is 0.573. The van der Waals surface area contributed by atoms with Crippen LogP contribution in [-0.2, 0) is 10.0 Å². The Morgan fingerprint density at radius 3 is 2.44 bits per heavy atom. The van der Waals surface area contributed by atoms with Crippen molar-refractivity contribution in [2.45, 2.75) is 34.1 Å². The van der Waals surface area contributed by atoms with Crippen molar-refractivity contribution < 1.29 is 8.42 Å². The number of sulfonamides is 1. The van der Waals surface area contributed by atoms with Gasteiger partial charge in [-0.15, -0.1) is 0 Å². The van der Waals surface area contributed by atoms with E-state index in [9.17, 15) is 8.42 Å². The zero-order valence-electron chi connectivity index (χ0n) is 11.0. The molecule has 1 N–H and O–H groups in total. The van der Waals surface area contributed by atoms with Crippen molar-refractivity contribution >= 4 is 27.6 Å². The van der Waals surface area contributed by atoms with Gasteiger partial charge in [-0.3, -0.25) is 4.72 Å². The highest BCUT2D eigenvalue weighted by atomic mass is 35.5. The van der Waals surface area contributed by atoms with Crippen LogP contribution in [0.15, 0.2) is 6.07 Å². The number of anilines is 1. The lowest BCUT2D eigenvalue weighted by Crippen LogP contribution is -2.22. The Bertz CT molecular complexity index is 503. The zero-order chi connectivity index (χ0) is 14.0. The van der Waals surface area contributed by atoms with Crippen LogP contribution in [0.3, 0.4) is 0 Å². The Morgan fingerprint density at radius 1 is 1.33 bits per heavy atom. The highest BCUT2D eigenvalue weighted by Gasteiger charge is 2.18. The van der Waals surface area contributed by atoms with E-state index in [1.54, 1.807) is 13.0 Å². The minimum Gasteiger partial charge on any atom is -0.251 e. The first kappa shape index (κ1) is 15.2. The van der Waals surface area contributed by atoms with Crippen LogP contribution in [0.25, 0.3) is 0 Å². The first-order valence-corrected chi connectivity index (χ1v) is 7.62. The maximum atomic E-state index is 11.8. The van der Waals surface area contributed by atoms with Crippen molar-refractivity contribution in [3.05, 3.63) is 16.9 Å². The molecule has 5 nitrogen and oxygen atoms in total. The number of aromatic nitrogens is 2. The van der Waals surface area contributed by atoms with Gasteiger partial charge >= 0.3 is 0 Å². The molecule has 0 spiro atoms. The SMILES string of the molecule is Cc1cc(Cl)nc(NS(=O)(=O)CCC(C)(C)C)n1. The van der Waals surface area contributed by atoms with Crippen molar-refractivity contribution in [3.8, 4) is 0 Å². The molecule has 0 unspecified atom stereocenters. The molecular weight excluding hydrogens is 274 g/mol. The summed E-state index contributed by atoms with van der Waals surface area (Å²) in [4.78, 5) is 7.81. The second kappa shape index (κ2) is 5.40. The van der Waals surface area contributed by atoms with Crippen LogP contribution in [0.1, 0.15) is 32.9 Å². The van der Waals surface area contributed by atoms with Gasteiger partial charge in [-0.05, 0) is 24.8 Å². The van der Waals surface area contributed by atoms with E-state index in [1.807, 2.05) is 20.8 Å². The predicted octanol–water partition coefficient (Wildman–Crippen LogP) is 2.62. The standard InChI is InChI=1S/C11H18ClN3O2S/c1-8-7-9(12)14-10(13-8)15-18(16,17)6-5-11(2,3)4/h7H,5-6H2,1-4H3,(H,13,14,15). The van der Waals surface area contributed by atoms with Crippen molar-refractivity contribution in [1.29, 1.82) is 0 Å². The highest BCUT2D eigenvalue weighted by molar-refractivity contribution is 7.92. The molecule has 7 heteroatoms. The third-order valence-corrected chi connectivity index (χ3v) is 3.62. The summed E-state index contributed by atoms with van der Waals surface area (Å²) in [7, 11) is -3.43. The summed E-state index contributed by atoms with van der Waals surface area (Å²) in [6.07, 6.45) is 0.557. The van der Waals surface area contributed by atoms with Crippen LogP contribution in [0.5, 0.6) is 0 Å². The van der Waals surface area contributed by atoms with E-state index >= 15 is 0 Å². The molecule has 0 fully saturated rings. The maximum Gasteiger partial charge on any atom is 0.238 e. The maximum absolute atomic E-state index is 11.8. The summed E-state index contributed by atoms with van der Waals surface area (Å²) in [6.45, 7) is 7.69. The zero-order valence-corrected chi connectivity index (χ0v) is 12.6. The molecule has 1 heterocycles. The van der Waals surface area contributed by atoms with E-state index in [4.69, 9.17) is 11.6 Å². The lowest BCUT2D eigenvalue weighted by molar-refractivity contribution is 0.397. The quantitative estimate of drug-likeness (QED) is 0.866. The minimum absolute atomic E-state index is 0.0221. The van der Waals surface area contributed by atoms with Gasteiger partial charge < -0.3 is 0 Å². The van der Waals surface area contributed by atoms with E-state index < -0.39 is 10.0 Å². The predicted molar refractivity (Wildman–Crippen MR) is 73.3 cm³/mol. The monoisotopic (exact) mass is 291 g/mol. The summed E-state index contributed by atoms with van der Waals surface area (Å²) < 4.78 is 26.0. The Morgan fingerprint density at radius 2 is 1.94 bits per heavy atom. The van der Waals surface area contributed by atoms with Gasteiger partial charge in [0.1, 0.15) is 5.15 Å². The molecule has 0 bridgehead atoms. The molecule has 1 aromatic rings. The smallest absolute Gasteiger partial charge is 0.238 e. The van der Waals surface area contributed by atoms with E-state index in [0.29, 0.717) is 12.1 Å². The topological polar surface area (TPSA) is 72.0 Å². The van der Waals surface area contributed by atoms with E-state index in [0.717, 1.165) is 0 Å². The molecule has 0 radical (unpaired) electrons. The van der Waals surface area contributed by atoms with E-state index in [2.05, 4.69) is 14.7 Å². The fraction of sp³-hybridized carbons (Fsp3) is 0.636. The number of nitrogens with one attached hydrogen (secondary N) is 1. The molecule has 0 aromatic carbocycles. The van der Waals surface area contributed by atoms with Gasteiger partial charge in [0, 0.05) is 5.69 Å². The fourth-order valence-corrected chi connectivity index (χ4v) is 2.80.